The Balaban J connectivity index is 2.43. The van der Waals surface area contributed by atoms with Gasteiger partial charge in [0.25, 0.3) is 0 Å². The Morgan fingerprint density at radius 2 is 2.42 bits per heavy atom. The summed E-state index contributed by atoms with van der Waals surface area (Å²) in [6, 6.07) is 0. The van der Waals surface area contributed by atoms with Gasteiger partial charge in [-0.25, -0.2) is 0 Å². The van der Waals surface area contributed by atoms with E-state index in [0.29, 0.717) is 18.5 Å². The van der Waals surface area contributed by atoms with E-state index < -0.39 is 11.4 Å². The number of carbonyl (C=O) groups is 1. The second kappa shape index (κ2) is 2.06. The average Bonchev–Trinajstić information content (AvgIpc) is 2.71. The normalized spacial score (nSPS) is 19.1. The molecule has 1 fully saturated rings. The Bertz CT molecular complexity index is 327. The zero-order valence-electron chi connectivity index (χ0n) is 6.69. The number of rotatable bonds is 2. The third-order valence-electron chi connectivity index (χ3n) is 2.36. The van der Waals surface area contributed by atoms with Crippen molar-refractivity contribution in [1.82, 2.24) is 15.0 Å². The monoisotopic (exact) mass is 167 g/mol. The fourth-order valence-corrected chi connectivity index (χ4v) is 1.43. The number of hydrogen-bond acceptors (Lipinski definition) is 3. The molecule has 1 N–H and O–H groups in total. The summed E-state index contributed by atoms with van der Waals surface area (Å²) in [5.74, 6) is -0.770. The molecule has 1 aromatic heterocycles. The second-order valence-electron chi connectivity index (χ2n) is 3.13. The van der Waals surface area contributed by atoms with Crippen LogP contribution >= 0.6 is 0 Å². The van der Waals surface area contributed by atoms with Crippen LogP contribution < -0.4 is 0 Å². The highest BCUT2D eigenvalue weighted by molar-refractivity contribution is 5.84. The fraction of sp³-hybridized carbons (Fsp3) is 0.571. The summed E-state index contributed by atoms with van der Waals surface area (Å²) in [7, 11) is 1.71. The Kier molecular flexibility index (Phi) is 1.25. The summed E-state index contributed by atoms with van der Waals surface area (Å²) in [5, 5.41) is 16.3. The van der Waals surface area contributed by atoms with E-state index in [0.717, 1.165) is 0 Å². The van der Waals surface area contributed by atoms with Crippen molar-refractivity contribution in [2.45, 2.75) is 18.3 Å². The summed E-state index contributed by atoms with van der Waals surface area (Å²) in [5.41, 5.74) is 0.0214. The number of aliphatic carboxylic acids is 1. The first-order chi connectivity index (χ1) is 5.67. The number of aryl methyl sites for hydroxylation is 1. The first-order valence-corrected chi connectivity index (χ1v) is 3.75. The van der Waals surface area contributed by atoms with Gasteiger partial charge in [-0.15, -0.1) is 5.10 Å². The number of carboxylic acid groups (broad SMARTS) is 1. The van der Waals surface area contributed by atoms with Gasteiger partial charge < -0.3 is 5.11 Å². The largest absolute Gasteiger partial charge is 0.481 e. The van der Waals surface area contributed by atoms with Gasteiger partial charge in [-0.2, -0.15) is 0 Å². The van der Waals surface area contributed by atoms with Crippen LogP contribution in [0, 0.1) is 0 Å². The Morgan fingerprint density at radius 1 is 1.75 bits per heavy atom. The average molecular weight is 167 g/mol. The van der Waals surface area contributed by atoms with E-state index in [1.165, 1.54) is 10.9 Å². The summed E-state index contributed by atoms with van der Waals surface area (Å²) in [6.07, 6.45) is 2.92. The molecule has 64 valence electrons. The van der Waals surface area contributed by atoms with Crippen LogP contribution in [-0.2, 0) is 17.3 Å². The smallest absolute Gasteiger partial charge is 0.315 e. The molecule has 1 heterocycles. The summed E-state index contributed by atoms with van der Waals surface area (Å²) in [4.78, 5) is 10.9. The molecule has 1 aliphatic carbocycles. The molecular formula is C7H9N3O2. The number of hydrogen-bond donors (Lipinski definition) is 1. The highest BCUT2D eigenvalue weighted by Crippen LogP contribution is 2.47. The van der Waals surface area contributed by atoms with Crippen molar-refractivity contribution in [3.05, 3.63) is 11.9 Å². The van der Waals surface area contributed by atoms with E-state index in [1.807, 2.05) is 0 Å². The maximum absolute atomic E-state index is 10.9. The lowest BCUT2D eigenvalue weighted by Crippen LogP contribution is -2.22. The summed E-state index contributed by atoms with van der Waals surface area (Å²) in [6.45, 7) is 0. The van der Waals surface area contributed by atoms with Crippen molar-refractivity contribution in [3.63, 3.8) is 0 Å². The molecule has 0 saturated heterocycles. The number of aromatic nitrogens is 3. The highest BCUT2D eigenvalue weighted by atomic mass is 16.4. The first-order valence-electron chi connectivity index (χ1n) is 3.75. The minimum Gasteiger partial charge on any atom is -0.481 e. The molecule has 0 radical (unpaired) electrons. The van der Waals surface area contributed by atoms with Crippen molar-refractivity contribution in [1.29, 1.82) is 0 Å². The van der Waals surface area contributed by atoms with Crippen LogP contribution in [0.4, 0.5) is 0 Å². The van der Waals surface area contributed by atoms with Crippen LogP contribution in [0.1, 0.15) is 18.5 Å². The lowest BCUT2D eigenvalue weighted by molar-refractivity contribution is -0.140. The standard InChI is InChI=1S/C7H9N3O2/c1-10-5(4-8-9-10)7(2-3-7)6(11)12/h4H,2-3H2,1H3,(H,11,12). The quantitative estimate of drug-likeness (QED) is 0.669. The third kappa shape index (κ3) is 0.760. The first kappa shape index (κ1) is 7.27. The minimum absolute atomic E-state index is 0.682. The molecule has 0 spiro atoms. The van der Waals surface area contributed by atoms with Crippen LogP contribution in [0.2, 0.25) is 0 Å². The summed E-state index contributed by atoms with van der Waals surface area (Å²) >= 11 is 0. The lowest BCUT2D eigenvalue weighted by Gasteiger charge is -2.07. The van der Waals surface area contributed by atoms with E-state index in [9.17, 15) is 4.79 Å². The van der Waals surface area contributed by atoms with Crippen LogP contribution in [0.3, 0.4) is 0 Å². The molecule has 0 unspecified atom stereocenters. The van der Waals surface area contributed by atoms with E-state index in [1.54, 1.807) is 7.05 Å². The molecule has 0 aliphatic heterocycles. The molecule has 1 aromatic rings. The maximum atomic E-state index is 10.9. The Hall–Kier alpha value is -1.39. The zero-order valence-corrected chi connectivity index (χ0v) is 6.69. The molecule has 12 heavy (non-hydrogen) atoms. The van der Waals surface area contributed by atoms with Gasteiger partial charge in [0.15, 0.2) is 0 Å². The predicted molar refractivity (Wildman–Crippen MR) is 39.6 cm³/mol. The fourth-order valence-electron chi connectivity index (χ4n) is 1.43. The van der Waals surface area contributed by atoms with Gasteiger partial charge in [-0.05, 0) is 12.8 Å². The molecule has 1 saturated carbocycles. The van der Waals surface area contributed by atoms with E-state index >= 15 is 0 Å². The molecule has 5 nitrogen and oxygen atoms in total. The molecule has 0 bridgehead atoms. The van der Waals surface area contributed by atoms with Gasteiger partial charge in [0.2, 0.25) is 0 Å². The molecule has 5 heteroatoms. The van der Waals surface area contributed by atoms with Crippen LogP contribution in [0.15, 0.2) is 6.20 Å². The summed E-state index contributed by atoms with van der Waals surface area (Å²) < 4.78 is 1.53. The topological polar surface area (TPSA) is 68.0 Å². The zero-order chi connectivity index (χ0) is 8.77. The van der Waals surface area contributed by atoms with Crippen LogP contribution in [0.25, 0.3) is 0 Å². The van der Waals surface area contributed by atoms with Gasteiger partial charge in [0.05, 0.1) is 11.9 Å². The molecule has 0 amide bonds. The van der Waals surface area contributed by atoms with Crippen molar-refractivity contribution in [2.75, 3.05) is 0 Å². The Labute approximate surface area is 69.0 Å². The SMILES string of the molecule is Cn1nncc1C1(C(=O)O)CC1. The third-order valence-corrected chi connectivity index (χ3v) is 2.36. The van der Waals surface area contributed by atoms with Crippen molar-refractivity contribution < 1.29 is 9.90 Å². The van der Waals surface area contributed by atoms with Crippen LogP contribution in [0.5, 0.6) is 0 Å². The van der Waals surface area contributed by atoms with E-state index in [2.05, 4.69) is 10.3 Å². The van der Waals surface area contributed by atoms with E-state index in [4.69, 9.17) is 5.11 Å². The van der Waals surface area contributed by atoms with Gasteiger partial charge in [-0.1, -0.05) is 5.21 Å². The molecular weight excluding hydrogens is 158 g/mol. The molecule has 0 atom stereocenters. The van der Waals surface area contributed by atoms with E-state index in [-0.39, 0.29) is 0 Å². The van der Waals surface area contributed by atoms with Crippen molar-refractivity contribution in [3.8, 4) is 0 Å². The molecule has 0 aromatic carbocycles. The maximum Gasteiger partial charge on any atom is 0.315 e. The van der Waals surface area contributed by atoms with Gasteiger partial charge in [0, 0.05) is 7.05 Å². The highest BCUT2D eigenvalue weighted by Gasteiger charge is 2.54. The minimum atomic E-state index is -0.770. The number of carboxylic acids is 1. The number of nitrogens with zero attached hydrogens (tertiary/aromatic N) is 3. The van der Waals surface area contributed by atoms with Crippen LogP contribution in [-0.4, -0.2) is 26.1 Å². The Morgan fingerprint density at radius 3 is 2.75 bits per heavy atom. The lowest BCUT2D eigenvalue weighted by atomic mass is 10.0. The van der Waals surface area contributed by atoms with Gasteiger partial charge in [-0.3, -0.25) is 9.48 Å². The molecule has 1 aliphatic rings. The van der Waals surface area contributed by atoms with Gasteiger partial charge >= 0.3 is 5.97 Å². The second-order valence-corrected chi connectivity index (χ2v) is 3.13. The predicted octanol–water partition coefficient (Wildman–Crippen LogP) is -0.0687. The van der Waals surface area contributed by atoms with Crippen molar-refractivity contribution >= 4 is 5.97 Å². The van der Waals surface area contributed by atoms with Gasteiger partial charge in [0.1, 0.15) is 5.41 Å². The van der Waals surface area contributed by atoms with Crippen molar-refractivity contribution in [2.24, 2.45) is 7.05 Å². The molecule has 2 rings (SSSR count).